The van der Waals surface area contributed by atoms with Gasteiger partial charge in [-0.1, -0.05) is 31.7 Å². The van der Waals surface area contributed by atoms with E-state index < -0.39 is 12.5 Å². The van der Waals surface area contributed by atoms with E-state index in [1.165, 1.54) is 42.5 Å². The van der Waals surface area contributed by atoms with E-state index in [0.717, 1.165) is 32.1 Å². The smallest absolute Gasteiger partial charge is 0.326 e. The van der Waals surface area contributed by atoms with Crippen LogP contribution < -0.4 is 15.9 Å². The van der Waals surface area contributed by atoms with Crippen LogP contribution in [0.1, 0.15) is 51.4 Å². The predicted molar refractivity (Wildman–Crippen MR) is 125 cm³/mol. The van der Waals surface area contributed by atoms with Gasteiger partial charge in [0.05, 0.1) is 10.2 Å². The molecule has 0 radical (unpaired) electrons. The molecule has 0 aliphatic heterocycles. The van der Waals surface area contributed by atoms with Crippen LogP contribution in [0.5, 0.6) is 0 Å². The Morgan fingerprint density at radius 3 is 1.85 bits per heavy atom. The highest BCUT2D eigenvalue weighted by molar-refractivity contribution is 7.60. The van der Waals surface area contributed by atoms with Crippen molar-refractivity contribution in [2.45, 2.75) is 51.4 Å². The lowest BCUT2D eigenvalue weighted by Gasteiger charge is -2.08. The van der Waals surface area contributed by atoms with Crippen LogP contribution in [0.15, 0.2) is 48.5 Å². The van der Waals surface area contributed by atoms with Gasteiger partial charge in [0.15, 0.2) is 0 Å². The maximum absolute atomic E-state index is 12.0. The number of hydrogen-bond donors (Lipinski definition) is 4. The number of non-ortho nitro benzene ring substituents is 1. The van der Waals surface area contributed by atoms with Gasteiger partial charge in [0.2, 0.25) is 11.8 Å². The highest BCUT2D eigenvalue weighted by Gasteiger charge is 2.16. The van der Waals surface area contributed by atoms with Gasteiger partial charge in [-0.25, -0.2) is 0 Å². The molecule has 4 N–H and O–H groups in total. The fourth-order valence-electron chi connectivity index (χ4n) is 3.16. The molecule has 10 nitrogen and oxygen atoms in total. The van der Waals surface area contributed by atoms with E-state index in [9.17, 15) is 24.3 Å². The van der Waals surface area contributed by atoms with E-state index in [0.29, 0.717) is 30.6 Å². The number of anilines is 2. The average Bonchev–Trinajstić information content (AvgIpc) is 2.75. The zero-order valence-corrected chi connectivity index (χ0v) is 19.0. The Morgan fingerprint density at radius 1 is 0.818 bits per heavy atom. The number of nitrogens with one attached hydrogen (secondary N) is 2. The molecule has 0 aromatic heterocycles. The summed E-state index contributed by atoms with van der Waals surface area (Å²) in [6, 6.07) is 11.3. The highest BCUT2D eigenvalue weighted by atomic mass is 31.2. The Morgan fingerprint density at radius 2 is 1.33 bits per heavy atom. The summed E-state index contributed by atoms with van der Waals surface area (Å²) in [5, 5.41) is 16.0. The number of hydrogen-bond acceptors (Lipinski definition) is 5. The van der Waals surface area contributed by atoms with Gasteiger partial charge in [-0.2, -0.15) is 0 Å². The normalized spacial score (nSPS) is 11.1. The quantitative estimate of drug-likeness (QED) is 0.146. The molecule has 0 bridgehead atoms. The van der Waals surface area contributed by atoms with Crippen LogP contribution in [0.3, 0.4) is 0 Å². The molecule has 2 rings (SSSR count). The van der Waals surface area contributed by atoms with Crippen molar-refractivity contribution < 1.29 is 28.9 Å². The Bertz CT molecular complexity index is 1010. The van der Waals surface area contributed by atoms with Gasteiger partial charge in [-0.3, -0.25) is 24.3 Å². The van der Waals surface area contributed by atoms with E-state index in [4.69, 9.17) is 9.79 Å². The van der Waals surface area contributed by atoms with Crippen LogP contribution in [-0.4, -0.2) is 26.5 Å². The molecule has 0 aliphatic carbocycles. The highest BCUT2D eigenvalue weighted by Crippen LogP contribution is 2.33. The van der Waals surface area contributed by atoms with Gasteiger partial charge in [0, 0.05) is 36.3 Å². The predicted octanol–water partition coefficient (Wildman–Crippen LogP) is 4.10. The summed E-state index contributed by atoms with van der Waals surface area (Å²) in [7, 11) is -4.29. The number of benzene rings is 2. The zero-order chi connectivity index (χ0) is 24.3. The fourth-order valence-corrected chi connectivity index (χ4v) is 3.70. The number of amides is 2. The Hall–Kier alpha value is -3.07. The van der Waals surface area contributed by atoms with Crippen LogP contribution in [0.25, 0.3) is 0 Å². The van der Waals surface area contributed by atoms with Crippen LogP contribution >= 0.6 is 7.60 Å². The van der Waals surface area contributed by atoms with E-state index in [1.807, 2.05) is 0 Å². The summed E-state index contributed by atoms with van der Waals surface area (Å²) in [6.07, 6.45) is 5.76. The molecule has 2 aromatic carbocycles. The minimum atomic E-state index is -4.29. The van der Waals surface area contributed by atoms with Crippen molar-refractivity contribution in [3.63, 3.8) is 0 Å². The molecule has 11 heteroatoms. The molecule has 178 valence electrons. The SMILES string of the molecule is O=C(CCCCCCCCC(=O)Nc1cccc([N+](=O)[O-])c1)Nc1ccc(P(=O)(O)O)cc1. The molecule has 0 spiro atoms. The second-order valence-electron chi connectivity index (χ2n) is 7.62. The second kappa shape index (κ2) is 12.8. The van der Waals surface area contributed by atoms with Crippen LogP contribution in [0, 0.1) is 10.1 Å². The molecule has 0 unspecified atom stereocenters. The summed E-state index contributed by atoms with van der Waals surface area (Å²) in [5.74, 6) is -0.335. The number of nitrogens with zero attached hydrogens (tertiary/aromatic N) is 1. The van der Waals surface area contributed by atoms with Gasteiger partial charge in [-0.15, -0.1) is 0 Å². The van der Waals surface area contributed by atoms with Gasteiger partial charge >= 0.3 is 7.60 Å². The number of nitro groups is 1. The first kappa shape index (κ1) is 26.2. The second-order valence-corrected chi connectivity index (χ2v) is 9.22. The summed E-state index contributed by atoms with van der Waals surface area (Å²) in [4.78, 5) is 52.3. The number of unbranched alkanes of at least 4 members (excludes halogenated alkanes) is 5. The third-order valence-corrected chi connectivity index (χ3v) is 5.86. The van der Waals surface area contributed by atoms with Crippen molar-refractivity contribution in [3.05, 3.63) is 58.6 Å². The third-order valence-electron chi connectivity index (χ3n) is 4.89. The lowest BCUT2D eigenvalue weighted by Crippen LogP contribution is -2.12. The number of rotatable bonds is 13. The van der Waals surface area contributed by atoms with Crippen molar-refractivity contribution in [2.75, 3.05) is 10.6 Å². The summed E-state index contributed by atoms with van der Waals surface area (Å²) in [6.45, 7) is 0. The van der Waals surface area contributed by atoms with Crippen molar-refractivity contribution in [1.82, 2.24) is 0 Å². The molecule has 0 saturated carbocycles. The average molecular weight is 477 g/mol. The summed E-state index contributed by atoms with van der Waals surface area (Å²) < 4.78 is 11.1. The van der Waals surface area contributed by atoms with E-state index in [2.05, 4.69) is 10.6 Å². The van der Waals surface area contributed by atoms with Crippen LogP contribution in [0.4, 0.5) is 17.1 Å². The van der Waals surface area contributed by atoms with Crippen molar-refractivity contribution in [1.29, 1.82) is 0 Å². The Kier molecular flexibility index (Phi) is 10.2. The van der Waals surface area contributed by atoms with Gasteiger partial charge < -0.3 is 20.4 Å². The maximum atomic E-state index is 12.0. The standard InChI is InChI=1S/C22H28N3O7P/c26-21(23-17-12-14-20(15-13-17)33(30,31)32)10-5-3-1-2-4-6-11-22(27)24-18-8-7-9-19(16-18)25(28)29/h7-9,12-16H,1-6,10-11H2,(H,23,26)(H,24,27)(H2,30,31,32). The molecule has 0 fully saturated rings. The molecular formula is C22H28N3O7P. The number of carbonyl (C=O) groups excluding carboxylic acids is 2. The lowest BCUT2D eigenvalue weighted by atomic mass is 10.1. The van der Waals surface area contributed by atoms with E-state index in [-0.39, 0.29) is 22.8 Å². The lowest BCUT2D eigenvalue weighted by molar-refractivity contribution is -0.384. The van der Waals surface area contributed by atoms with Crippen molar-refractivity contribution >= 4 is 41.8 Å². The molecule has 2 aromatic rings. The first-order chi connectivity index (χ1) is 15.6. The minimum Gasteiger partial charge on any atom is -0.326 e. The van der Waals surface area contributed by atoms with Crippen molar-refractivity contribution in [2.24, 2.45) is 0 Å². The number of carbonyl (C=O) groups is 2. The topological polar surface area (TPSA) is 159 Å². The number of nitro benzene ring substituents is 1. The van der Waals surface area contributed by atoms with Crippen molar-refractivity contribution in [3.8, 4) is 0 Å². The monoisotopic (exact) mass is 477 g/mol. The van der Waals surface area contributed by atoms with Gasteiger partial charge in [0.1, 0.15) is 0 Å². The Balaban J connectivity index is 1.53. The first-order valence-corrected chi connectivity index (χ1v) is 12.3. The molecule has 2 amide bonds. The molecule has 0 saturated heterocycles. The summed E-state index contributed by atoms with van der Waals surface area (Å²) >= 11 is 0. The van der Waals surface area contributed by atoms with E-state index >= 15 is 0 Å². The minimum absolute atomic E-state index is 0.0701. The van der Waals surface area contributed by atoms with Gasteiger partial charge in [-0.05, 0) is 43.2 Å². The fraction of sp³-hybridized carbons (Fsp3) is 0.364. The van der Waals surface area contributed by atoms with E-state index in [1.54, 1.807) is 6.07 Å². The molecule has 0 aliphatic rings. The molecule has 33 heavy (non-hydrogen) atoms. The van der Waals surface area contributed by atoms with Gasteiger partial charge in [0.25, 0.3) is 5.69 Å². The molecular weight excluding hydrogens is 449 g/mol. The summed E-state index contributed by atoms with van der Waals surface area (Å²) in [5.41, 5.74) is 0.824. The maximum Gasteiger partial charge on any atom is 0.356 e. The van der Waals surface area contributed by atoms with Crippen LogP contribution in [-0.2, 0) is 14.2 Å². The first-order valence-electron chi connectivity index (χ1n) is 10.7. The third kappa shape index (κ3) is 9.95. The zero-order valence-electron chi connectivity index (χ0n) is 18.1. The molecule has 0 atom stereocenters. The molecule has 0 heterocycles. The largest absolute Gasteiger partial charge is 0.356 e. The van der Waals surface area contributed by atoms with Crippen LogP contribution in [0.2, 0.25) is 0 Å². The Labute approximate surface area is 191 Å².